The number of ether oxygens (including phenoxy) is 1. The summed E-state index contributed by atoms with van der Waals surface area (Å²) in [6.45, 7) is 8.42. The standard InChI is InChI=1S/C14H26O/c1-4-7-9-13-11-12(6-3)14(15-13)10-8-5-2/h6,12-14H,3-5,7-11H2,1-2H3/t12-,13+,14-/m1/s1. The molecule has 1 heterocycles. The highest BCUT2D eigenvalue weighted by Gasteiger charge is 2.31. The highest BCUT2D eigenvalue weighted by molar-refractivity contribution is 4.92. The monoisotopic (exact) mass is 210 g/mol. The molecule has 3 atom stereocenters. The third kappa shape index (κ3) is 3.98. The van der Waals surface area contributed by atoms with Crippen LogP contribution in [-0.2, 0) is 4.74 Å². The SMILES string of the molecule is C=C[C@@H]1C[C@H](CCCC)O[C@@H]1CCCC. The molecule has 0 spiro atoms. The van der Waals surface area contributed by atoms with E-state index in [1.54, 1.807) is 0 Å². The summed E-state index contributed by atoms with van der Waals surface area (Å²) in [5.74, 6) is 0.610. The van der Waals surface area contributed by atoms with Gasteiger partial charge in [-0.15, -0.1) is 6.58 Å². The zero-order valence-corrected chi connectivity index (χ0v) is 10.4. The van der Waals surface area contributed by atoms with Crippen molar-refractivity contribution < 1.29 is 4.74 Å². The fourth-order valence-electron chi connectivity index (χ4n) is 2.41. The van der Waals surface area contributed by atoms with Crippen molar-refractivity contribution in [1.82, 2.24) is 0 Å². The molecule has 1 heteroatoms. The van der Waals surface area contributed by atoms with E-state index >= 15 is 0 Å². The molecule has 0 radical (unpaired) electrons. The second-order valence-corrected chi connectivity index (χ2v) is 4.72. The summed E-state index contributed by atoms with van der Waals surface area (Å²) >= 11 is 0. The Hall–Kier alpha value is -0.300. The van der Waals surface area contributed by atoms with Gasteiger partial charge in [0.15, 0.2) is 0 Å². The summed E-state index contributed by atoms with van der Waals surface area (Å²) in [6.07, 6.45) is 11.9. The van der Waals surface area contributed by atoms with Gasteiger partial charge in [0.25, 0.3) is 0 Å². The number of unbranched alkanes of at least 4 members (excludes halogenated alkanes) is 2. The lowest BCUT2D eigenvalue weighted by molar-refractivity contribution is 0.0278. The Kier molecular flexibility index (Phi) is 6.00. The number of hydrogen-bond donors (Lipinski definition) is 0. The van der Waals surface area contributed by atoms with E-state index < -0.39 is 0 Å². The first-order valence-corrected chi connectivity index (χ1v) is 6.59. The summed E-state index contributed by atoms with van der Waals surface area (Å²) in [5.41, 5.74) is 0. The van der Waals surface area contributed by atoms with Gasteiger partial charge in [-0.25, -0.2) is 0 Å². The van der Waals surface area contributed by atoms with Crippen LogP contribution < -0.4 is 0 Å². The van der Waals surface area contributed by atoms with Gasteiger partial charge in [0.2, 0.25) is 0 Å². The van der Waals surface area contributed by atoms with Crippen LogP contribution in [0.15, 0.2) is 12.7 Å². The van der Waals surface area contributed by atoms with Gasteiger partial charge in [0.1, 0.15) is 0 Å². The average molecular weight is 210 g/mol. The fraction of sp³-hybridized carbons (Fsp3) is 0.857. The summed E-state index contributed by atoms with van der Waals surface area (Å²) in [7, 11) is 0. The maximum Gasteiger partial charge on any atom is 0.0642 e. The molecule has 0 saturated carbocycles. The second-order valence-electron chi connectivity index (χ2n) is 4.72. The highest BCUT2D eigenvalue weighted by Crippen LogP contribution is 2.32. The molecule has 0 aromatic carbocycles. The second kappa shape index (κ2) is 7.05. The molecule has 0 aliphatic carbocycles. The van der Waals surface area contributed by atoms with Crippen LogP contribution in [0.25, 0.3) is 0 Å². The van der Waals surface area contributed by atoms with Crippen molar-refractivity contribution in [2.24, 2.45) is 5.92 Å². The van der Waals surface area contributed by atoms with Crippen LogP contribution in [0, 0.1) is 5.92 Å². The Morgan fingerprint density at radius 2 is 1.87 bits per heavy atom. The molecule has 0 N–H and O–H groups in total. The molecule has 1 aliphatic rings. The third-order valence-electron chi connectivity index (χ3n) is 3.40. The van der Waals surface area contributed by atoms with Gasteiger partial charge in [-0.3, -0.25) is 0 Å². The summed E-state index contributed by atoms with van der Waals surface area (Å²) in [5, 5.41) is 0. The molecule has 88 valence electrons. The Balaban J connectivity index is 2.33. The molecule has 0 unspecified atom stereocenters. The smallest absolute Gasteiger partial charge is 0.0642 e. The van der Waals surface area contributed by atoms with Crippen molar-refractivity contribution in [1.29, 1.82) is 0 Å². The van der Waals surface area contributed by atoms with Crippen LogP contribution >= 0.6 is 0 Å². The summed E-state index contributed by atoms with van der Waals surface area (Å²) in [6, 6.07) is 0. The van der Waals surface area contributed by atoms with Gasteiger partial charge in [-0.05, 0) is 19.3 Å². The molecule has 1 nitrogen and oxygen atoms in total. The number of rotatable bonds is 7. The van der Waals surface area contributed by atoms with E-state index in [0.717, 1.165) is 0 Å². The lowest BCUT2D eigenvalue weighted by atomic mass is 9.95. The molecular formula is C14H26O. The van der Waals surface area contributed by atoms with Crippen molar-refractivity contribution in [2.75, 3.05) is 0 Å². The van der Waals surface area contributed by atoms with Gasteiger partial charge in [0.05, 0.1) is 12.2 Å². The van der Waals surface area contributed by atoms with Gasteiger partial charge in [-0.1, -0.05) is 45.6 Å². The van der Waals surface area contributed by atoms with E-state index in [1.807, 2.05) is 0 Å². The van der Waals surface area contributed by atoms with Crippen LogP contribution in [0.2, 0.25) is 0 Å². The minimum absolute atomic E-state index is 0.462. The van der Waals surface area contributed by atoms with E-state index in [0.29, 0.717) is 18.1 Å². The molecule has 1 rings (SSSR count). The van der Waals surface area contributed by atoms with Crippen molar-refractivity contribution in [2.45, 2.75) is 71.0 Å². The largest absolute Gasteiger partial charge is 0.374 e. The van der Waals surface area contributed by atoms with E-state index in [1.165, 1.54) is 44.9 Å². The molecule has 1 aliphatic heterocycles. The fourth-order valence-corrected chi connectivity index (χ4v) is 2.41. The van der Waals surface area contributed by atoms with E-state index in [9.17, 15) is 0 Å². The molecule has 1 fully saturated rings. The van der Waals surface area contributed by atoms with Crippen molar-refractivity contribution >= 4 is 0 Å². The highest BCUT2D eigenvalue weighted by atomic mass is 16.5. The first-order valence-electron chi connectivity index (χ1n) is 6.59. The van der Waals surface area contributed by atoms with Gasteiger partial charge < -0.3 is 4.74 Å². The Labute approximate surface area is 94.9 Å². The Bertz CT molecular complexity index is 176. The minimum Gasteiger partial charge on any atom is -0.374 e. The third-order valence-corrected chi connectivity index (χ3v) is 3.40. The predicted octanol–water partition coefficient (Wildman–Crippen LogP) is 4.33. The predicted molar refractivity (Wildman–Crippen MR) is 66.0 cm³/mol. The Morgan fingerprint density at radius 1 is 1.20 bits per heavy atom. The summed E-state index contributed by atoms with van der Waals surface area (Å²) < 4.78 is 6.10. The van der Waals surface area contributed by atoms with Crippen molar-refractivity contribution in [3.8, 4) is 0 Å². The molecule has 0 aromatic heterocycles. The quantitative estimate of drug-likeness (QED) is 0.568. The number of hydrogen-bond acceptors (Lipinski definition) is 1. The summed E-state index contributed by atoms with van der Waals surface area (Å²) in [4.78, 5) is 0. The first kappa shape index (κ1) is 12.8. The zero-order valence-electron chi connectivity index (χ0n) is 10.4. The lowest BCUT2D eigenvalue weighted by Gasteiger charge is -2.15. The van der Waals surface area contributed by atoms with Crippen molar-refractivity contribution in [3.05, 3.63) is 12.7 Å². The Morgan fingerprint density at radius 3 is 2.47 bits per heavy atom. The molecule has 0 bridgehead atoms. The van der Waals surface area contributed by atoms with Crippen LogP contribution in [0.4, 0.5) is 0 Å². The molecule has 15 heavy (non-hydrogen) atoms. The van der Waals surface area contributed by atoms with Crippen LogP contribution in [0.3, 0.4) is 0 Å². The minimum atomic E-state index is 0.462. The first-order chi connectivity index (χ1) is 7.31. The van der Waals surface area contributed by atoms with Crippen LogP contribution in [0.1, 0.15) is 58.8 Å². The normalized spacial score (nSPS) is 30.7. The van der Waals surface area contributed by atoms with Crippen molar-refractivity contribution in [3.63, 3.8) is 0 Å². The van der Waals surface area contributed by atoms with Gasteiger partial charge in [0, 0.05) is 5.92 Å². The maximum atomic E-state index is 6.10. The molecular weight excluding hydrogens is 184 g/mol. The molecule has 0 amide bonds. The maximum absolute atomic E-state index is 6.10. The molecule has 1 saturated heterocycles. The molecule has 0 aromatic rings. The van der Waals surface area contributed by atoms with Crippen LogP contribution in [0.5, 0.6) is 0 Å². The van der Waals surface area contributed by atoms with Crippen LogP contribution in [-0.4, -0.2) is 12.2 Å². The zero-order chi connectivity index (χ0) is 11.1. The van der Waals surface area contributed by atoms with Gasteiger partial charge >= 0.3 is 0 Å². The average Bonchev–Trinajstić information content (AvgIpc) is 2.66. The van der Waals surface area contributed by atoms with E-state index in [4.69, 9.17) is 4.74 Å². The van der Waals surface area contributed by atoms with E-state index in [-0.39, 0.29) is 0 Å². The van der Waals surface area contributed by atoms with Gasteiger partial charge in [-0.2, -0.15) is 0 Å². The van der Waals surface area contributed by atoms with E-state index in [2.05, 4.69) is 26.5 Å². The lowest BCUT2D eigenvalue weighted by Crippen LogP contribution is -2.14. The topological polar surface area (TPSA) is 9.23 Å².